The van der Waals surface area contributed by atoms with E-state index in [0.717, 1.165) is 31.1 Å². The molecule has 2 aliphatic heterocycles. The van der Waals surface area contributed by atoms with Crippen LogP contribution >= 0.6 is 22.9 Å². The average molecular weight is 444 g/mol. The first kappa shape index (κ1) is 19.8. The fraction of sp³-hybridized carbons (Fsp3) is 0.529. The topological polar surface area (TPSA) is 87.7 Å². The van der Waals surface area contributed by atoms with Crippen molar-refractivity contribution in [2.24, 2.45) is 0 Å². The fourth-order valence-electron chi connectivity index (χ4n) is 3.33. The highest BCUT2D eigenvalue weighted by atomic mass is 35.5. The van der Waals surface area contributed by atoms with E-state index in [1.165, 1.54) is 21.8 Å². The lowest BCUT2D eigenvalue weighted by atomic mass is 10.1. The van der Waals surface area contributed by atoms with Gasteiger partial charge in [0, 0.05) is 38.4 Å². The number of sulfonamides is 1. The Morgan fingerprint density at radius 3 is 2.64 bits per heavy atom. The Balaban J connectivity index is 1.37. The van der Waals surface area contributed by atoms with Crippen molar-refractivity contribution in [2.45, 2.75) is 23.1 Å². The molecule has 4 rings (SSSR count). The predicted molar refractivity (Wildman–Crippen MR) is 110 cm³/mol. The number of pyridine rings is 1. The third kappa shape index (κ3) is 4.25. The number of piperidine rings is 1. The summed E-state index contributed by atoms with van der Waals surface area (Å²) in [6, 6.07) is 3.90. The van der Waals surface area contributed by atoms with Crippen LogP contribution in [0.4, 0.5) is 10.9 Å². The predicted octanol–water partition coefficient (Wildman–Crippen LogP) is 2.29. The van der Waals surface area contributed by atoms with Crippen molar-refractivity contribution in [3.63, 3.8) is 0 Å². The lowest BCUT2D eigenvalue weighted by Crippen LogP contribution is -2.40. The second-order valence-electron chi connectivity index (χ2n) is 6.72. The Labute approximate surface area is 173 Å². The summed E-state index contributed by atoms with van der Waals surface area (Å²) in [5, 5.41) is 4.76. The summed E-state index contributed by atoms with van der Waals surface area (Å²) in [7, 11) is -3.49. The molecule has 2 fully saturated rings. The van der Waals surface area contributed by atoms with Crippen LogP contribution < -0.4 is 10.2 Å². The summed E-state index contributed by atoms with van der Waals surface area (Å²) in [6.07, 6.45) is 4.99. The number of halogens is 1. The summed E-state index contributed by atoms with van der Waals surface area (Å²) in [5.41, 5.74) is 0. The van der Waals surface area contributed by atoms with Crippen LogP contribution in [-0.2, 0) is 14.8 Å². The minimum absolute atomic E-state index is 0.278. The van der Waals surface area contributed by atoms with Gasteiger partial charge in [-0.1, -0.05) is 22.9 Å². The smallest absolute Gasteiger partial charge is 0.254 e. The summed E-state index contributed by atoms with van der Waals surface area (Å²) in [6.45, 7) is 3.25. The molecule has 4 heterocycles. The molecule has 0 unspecified atom stereocenters. The molecule has 2 saturated heterocycles. The zero-order valence-electron chi connectivity index (χ0n) is 15.3. The molecule has 0 spiro atoms. The molecule has 152 valence electrons. The second-order valence-corrected chi connectivity index (χ2v) is 10.3. The van der Waals surface area contributed by atoms with Gasteiger partial charge in [-0.15, -0.1) is 0 Å². The molecular formula is C17H22ClN5O3S2. The highest BCUT2D eigenvalue weighted by molar-refractivity contribution is 7.91. The van der Waals surface area contributed by atoms with E-state index >= 15 is 0 Å². The number of hydrogen-bond acceptors (Lipinski definition) is 8. The number of nitrogens with zero attached hydrogens (tertiary/aromatic N) is 4. The molecule has 2 aromatic heterocycles. The van der Waals surface area contributed by atoms with Crippen molar-refractivity contribution in [1.29, 1.82) is 0 Å². The molecule has 0 atom stereocenters. The molecule has 0 aliphatic carbocycles. The third-order valence-corrected chi connectivity index (χ3v) is 8.60. The van der Waals surface area contributed by atoms with Gasteiger partial charge in [-0.3, -0.25) is 0 Å². The number of anilines is 2. The van der Waals surface area contributed by atoms with Gasteiger partial charge >= 0.3 is 0 Å². The lowest BCUT2D eigenvalue weighted by Gasteiger charge is -2.32. The van der Waals surface area contributed by atoms with E-state index in [1.54, 1.807) is 12.3 Å². The van der Waals surface area contributed by atoms with Crippen molar-refractivity contribution in [2.75, 3.05) is 49.6 Å². The van der Waals surface area contributed by atoms with Crippen molar-refractivity contribution < 1.29 is 13.2 Å². The average Bonchev–Trinajstić information content (AvgIpc) is 3.22. The molecule has 8 nitrogen and oxygen atoms in total. The molecule has 0 radical (unpaired) electrons. The minimum atomic E-state index is -3.49. The van der Waals surface area contributed by atoms with Gasteiger partial charge in [0.2, 0.25) is 0 Å². The Morgan fingerprint density at radius 1 is 1.18 bits per heavy atom. The highest BCUT2D eigenvalue weighted by Crippen LogP contribution is 2.31. The highest BCUT2D eigenvalue weighted by Gasteiger charge is 2.30. The first-order valence-corrected chi connectivity index (χ1v) is 11.8. The molecule has 2 aliphatic rings. The molecule has 0 aromatic carbocycles. The Bertz CT molecular complexity index is 909. The normalized spacial score (nSPS) is 19.7. The Kier molecular flexibility index (Phi) is 6.02. The van der Waals surface area contributed by atoms with Crippen LogP contribution in [0.15, 0.2) is 28.7 Å². The van der Waals surface area contributed by atoms with Gasteiger partial charge in [-0.05, 0) is 25.0 Å². The number of nitrogens with one attached hydrogen (secondary N) is 1. The number of aromatic nitrogens is 2. The molecule has 28 heavy (non-hydrogen) atoms. The maximum absolute atomic E-state index is 12.8. The number of hydrogen-bond donors (Lipinski definition) is 1. The largest absolute Gasteiger partial charge is 0.379 e. The van der Waals surface area contributed by atoms with Gasteiger partial charge in [0.05, 0.1) is 24.4 Å². The standard InChI is InChI=1S/C17H22ClN5O3S2/c18-14-2-1-5-19-16(14)21-13-3-6-22(7-4-13)17-20-12-15(27-17)28(24,25)23-8-10-26-11-9-23/h1-2,5,12-13H,3-4,6-11H2,(H,19,21). The van der Waals surface area contributed by atoms with Gasteiger partial charge in [0.15, 0.2) is 9.34 Å². The number of thiazole rings is 1. The first-order valence-electron chi connectivity index (χ1n) is 9.20. The molecule has 2 aromatic rings. The van der Waals surface area contributed by atoms with E-state index in [-0.39, 0.29) is 6.04 Å². The third-order valence-electron chi connectivity index (χ3n) is 4.90. The fourth-order valence-corrected chi connectivity index (χ4v) is 6.24. The number of rotatable bonds is 5. The van der Waals surface area contributed by atoms with Gasteiger partial charge < -0.3 is 15.0 Å². The van der Waals surface area contributed by atoms with Crippen molar-refractivity contribution >= 4 is 43.9 Å². The molecule has 0 bridgehead atoms. The number of ether oxygens (including phenoxy) is 1. The lowest BCUT2D eigenvalue weighted by molar-refractivity contribution is 0.0731. The van der Waals surface area contributed by atoms with Crippen LogP contribution in [0, 0.1) is 0 Å². The molecule has 0 saturated carbocycles. The minimum Gasteiger partial charge on any atom is -0.379 e. The van der Waals surface area contributed by atoms with Crippen molar-refractivity contribution in [3.05, 3.63) is 29.5 Å². The van der Waals surface area contributed by atoms with Crippen LogP contribution in [0.1, 0.15) is 12.8 Å². The maximum Gasteiger partial charge on any atom is 0.254 e. The van der Waals surface area contributed by atoms with Crippen LogP contribution in [-0.4, -0.2) is 68.1 Å². The number of morpholine rings is 1. The van der Waals surface area contributed by atoms with Gasteiger partial charge in [0.1, 0.15) is 5.82 Å². The van der Waals surface area contributed by atoms with Gasteiger partial charge in [-0.25, -0.2) is 18.4 Å². The second kappa shape index (κ2) is 8.50. The van der Waals surface area contributed by atoms with E-state index in [9.17, 15) is 8.42 Å². The van der Waals surface area contributed by atoms with E-state index in [1.807, 2.05) is 6.07 Å². The zero-order chi connectivity index (χ0) is 19.6. The molecule has 1 N–H and O–H groups in total. The van der Waals surface area contributed by atoms with Crippen LogP contribution in [0.25, 0.3) is 0 Å². The van der Waals surface area contributed by atoms with E-state index in [0.29, 0.717) is 41.4 Å². The summed E-state index contributed by atoms with van der Waals surface area (Å²) >= 11 is 7.40. The summed E-state index contributed by atoms with van der Waals surface area (Å²) < 4.78 is 32.5. The SMILES string of the molecule is O=S(=O)(c1cnc(N2CCC(Nc3ncccc3Cl)CC2)s1)N1CCOCC1. The quantitative estimate of drug-likeness (QED) is 0.758. The molecule has 11 heteroatoms. The summed E-state index contributed by atoms with van der Waals surface area (Å²) in [5.74, 6) is 0.704. The van der Waals surface area contributed by atoms with E-state index in [4.69, 9.17) is 16.3 Å². The van der Waals surface area contributed by atoms with Gasteiger partial charge in [-0.2, -0.15) is 4.31 Å². The van der Waals surface area contributed by atoms with E-state index < -0.39 is 10.0 Å². The maximum atomic E-state index is 12.8. The van der Waals surface area contributed by atoms with E-state index in [2.05, 4.69) is 20.2 Å². The first-order chi connectivity index (χ1) is 13.5. The zero-order valence-corrected chi connectivity index (χ0v) is 17.6. The van der Waals surface area contributed by atoms with Crippen LogP contribution in [0.5, 0.6) is 0 Å². The monoisotopic (exact) mass is 443 g/mol. The van der Waals surface area contributed by atoms with Crippen molar-refractivity contribution in [3.8, 4) is 0 Å². The molecule has 0 amide bonds. The van der Waals surface area contributed by atoms with Crippen LogP contribution in [0.2, 0.25) is 5.02 Å². The van der Waals surface area contributed by atoms with Crippen molar-refractivity contribution in [1.82, 2.24) is 14.3 Å². The molecular weight excluding hydrogens is 422 g/mol. The Morgan fingerprint density at radius 2 is 1.93 bits per heavy atom. The summed E-state index contributed by atoms with van der Waals surface area (Å²) in [4.78, 5) is 10.8. The van der Waals surface area contributed by atoms with Gasteiger partial charge in [0.25, 0.3) is 10.0 Å². The Hall–Kier alpha value is -1.46. The van der Waals surface area contributed by atoms with Crippen LogP contribution in [0.3, 0.4) is 0 Å².